The van der Waals surface area contributed by atoms with Crippen molar-refractivity contribution in [1.82, 2.24) is 4.98 Å². The molecule has 0 fully saturated rings. The van der Waals surface area contributed by atoms with Gasteiger partial charge in [-0.1, -0.05) is 0 Å². The summed E-state index contributed by atoms with van der Waals surface area (Å²) in [7, 11) is 0. The fourth-order valence-corrected chi connectivity index (χ4v) is 1.91. The highest BCUT2D eigenvalue weighted by Gasteiger charge is 2.04. The van der Waals surface area contributed by atoms with E-state index < -0.39 is 0 Å². The average Bonchev–Trinajstić information content (AvgIpc) is 2.56. The second-order valence-corrected chi connectivity index (χ2v) is 4.47. The molecule has 2 aromatic heterocycles. The van der Waals surface area contributed by atoms with Gasteiger partial charge in [-0.15, -0.1) is 11.3 Å². The van der Waals surface area contributed by atoms with Gasteiger partial charge in [-0.05, 0) is 19.4 Å². The number of aromatic nitrogens is 2. The molecule has 0 saturated carbocycles. The van der Waals surface area contributed by atoms with E-state index in [1.165, 1.54) is 5.56 Å². The quantitative estimate of drug-likeness (QED) is 0.686. The SMILES string of the molecule is Cc1cc[n+](Cc2csc(C)n2)cc1. The molecule has 72 valence electrons. The molecule has 0 aliphatic carbocycles. The summed E-state index contributed by atoms with van der Waals surface area (Å²) in [6.07, 6.45) is 4.17. The van der Waals surface area contributed by atoms with Crippen molar-refractivity contribution in [1.29, 1.82) is 0 Å². The highest BCUT2D eigenvalue weighted by molar-refractivity contribution is 7.09. The summed E-state index contributed by atoms with van der Waals surface area (Å²) in [5, 5.41) is 3.25. The first-order valence-electron chi connectivity index (χ1n) is 4.61. The van der Waals surface area contributed by atoms with Crippen molar-refractivity contribution in [3.8, 4) is 0 Å². The first-order chi connectivity index (χ1) is 6.74. The van der Waals surface area contributed by atoms with Gasteiger partial charge in [-0.25, -0.2) is 4.98 Å². The molecule has 2 rings (SSSR count). The van der Waals surface area contributed by atoms with Gasteiger partial charge in [-0.2, -0.15) is 4.57 Å². The van der Waals surface area contributed by atoms with E-state index in [0.29, 0.717) is 0 Å². The van der Waals surface area contributed by atoms with Crippen molar-refractivity contribution >= 4 is 11.3 Å². The molecular formula is C11H13N2S+. The molecule has 0 atom stereocenters. The van der Waals surface area contributed by atoms with Crippen molar-refractivity contribution in [2.75, 3.05) is 0 Å². The van der Waals surface area contributed by atoms with Crippen LogP contribution in [0.2, 0.25) is 0 Å². The van der Waals surface area contributed by atoms with Crippen LogP contribution >= 0.6 is 11.3 Å². The molecule has 3 heteroatoms. The Balaban J connectivity index is 2.15. The summed E-state index contributed by atoms with van der Waals surface area (Å²) < 4.78 is 2.14. The van der Waals surface area contributed by atoms with Crippen LogP contribution in [-0.4, -0.2) is 4.98 Å². The Bertz CT molecular complexity index is 417. The van der Waals surface area contributed by atoms with Crippen LogP contribution in [0.1, 0.15) is 16.3 Å². The third-order valence-electron chi connectivity index (χ3n) is 2.07. The third-order valence-corrected chi connectivity index (χ3v) is 2.89. The van der Waals surface area contributed by atoms with Crippen LogP contribution in [0.25, 0.3) is 0 Å². The zero-order chi connectivity index (χ0) is 9.97. The van der Waals surface area contributed by atoms with E-state index in [9.17, 15) is 0 Å². The predicted octanol–water partition coefficient (Wildman–Crippen LogP) is 2.10. The number of pyridine rings is 1. The van der Waals surface area contributed by atoms with Crippen molar-refractivity contribution in [3.63, 3.8) is 0 Å². The number of hydrogen-bond donors (Lipinski definition) is 0. The van der Waals surface area contributed by atoms with Crippen molar-refractivity contribution < 1.29 is 4.57 Å². The second-order valence-electron chi connectivity index (χ2n) is 3.41. The lowest BCUT2D eigenvalue weighted by Gasteiger charge is -1.93. The number of nitrogens with zero attached hydrogens (tertiary/aromatic N) is 2. The van der Waals surface area contributed by atoms with Gasteiger partial charge in [0.2, 0.25) is 0 Å². The molecular weight excluding hydrogens is 192 g/mol. The lowest BCUT2D eigenvalue weighted by atomic mass is 10.3. The molecule has 0 bridgehead atoms. The van der Waals surface area contributed by atoms with Gasteiger partial charge in [0.1, 0.15) is 5.69 Å². The number of thiazole rings is 1. The Morgan fingerprint density at radius 3 is 2.57 bits per heavy atom. The molecule has 0 N–H and O–H groups in total. The van der Waals surface area contributed by atoms with E-state index in [1.807, 2.05) is 6.92 Å². The summed E-state index contributed by atoms with van der Waals surface area (Å²) in [6.45, 7) is 5.00. The number of rotatable bonds is 2. The van der Waals surface area contributed by atoms with Crippen LogP contribution in [0.15, 0.2) is 29.9 Å². The van der Waals surface area contributed by atoms with Crippen LogP contribution in [0.3, 0.4) is 0 Å². The van der Waals surface area contributed by atoms with E-state index in [2.05, 4.69) is 46.4 Å². The average molecular weight is 205 g/mol. The third kappa shape index (κ3) is 2.17. The van der Waals surface area contributed by atoms with Gasteiger partial charge in [0, 0.05) is 17.5 Å². The minimum absolute atomic E-state index is 0.866. The molecule has 0 unspecified atom stereocenters. The van der Waals surface area contributed by atoms with Crippen molar-refractivity contribution in [3.05, 3.63) is 46.2 Å². The van der Waals surface area contributed by atoms with Gasteiger partial charge in [0.25, 0.3) is 0 Å². The highest BCUT2D eigenvalue weighted by atomic mass is 32.1. The lowest BCUT2D eigenvalue weighted by molar-refractivity contribution is -0.688. The predicted molar refractivity (Wildman–Crippen MR) is 57.3 cm³/mol. The van der Waals surface area contributed by atoms with Crippen LogP contribution in [0.4, 0.5) is 0 Å². The largest absolute Gasteiger partial charge is 0.240 e. The minimum atomic E-state index is 0.866. The first kappa shape index (κ1) is 9.34. The van der Waals surface area contributed by atoms with Gasteiger partial charge in [0.15, 0.2) is 18.9 Å². The maximum atomic E-state index is 4.43. The van der Waals surface area contributed by atoms with E-state index in [0.717, 1.165) is 17.2 Å². The van der Waals surface area contributed by atoms with Gasteiger partial charge >= 0.3 is 0 Å². The van der Waals surface area contributed by atoms with Crippen LogP contribution in [0.5, 0.6) is 0 Å². The summed E-state index contributed by atoms with van der Waals surface area (Å²) in [6, 6.07) is 4.22. The van der Waals surface area contributed by atoms with Crippen LogP contribution in [-0.2, 0) is 6.54 Å². The normalized spacial score (nSPS) is 10.4. The van der Waals surface area contributed by atoms with Gasteiger partial charge < -0.3 is 0 Å². The summed E-state index contributed by atoms with van der Waals surface area (Å²) in [4.78, 5) is 4.43. The summed E-state index contributed by atoms with van der Waals surface area (Å²) in [5.41, 5.74) is 2.43. The standard InChI is InChI=1S/C11H13N2S/c1-9-3-5-13(6-4-9)7-11-8-14-10(2)12-11/h3-6,8H,7H2,1-2H3/q+1. The van der Waals surface area contributed by atoms with Crippen LogP contribution < -0.4 is 4.57 Å². The summed E-state index contributed by atoms with van der Waals surface area (Å²) in [5.74, 6) is 0. The Morgan fingerprint density at radius 2 is 2.00 bits per heavy atom. The Labute approximate surface area is 87.9 Å². The zero-order valence-corrected chi connectivity index (χ0v) is 9.21. The van der Waals surface area contributed by atoms with E-state index in [-0.39, 0.29) is 0 Å². The molecule has 14 heavy (non-hydrogen) atoms. The fraction of sp³-hybridized carbons (Fsp3) is 0.273. The fourth-order valence-electron chi connectivity index (χ4n) is 1.31. The monoisotopic (exact) mass is 205 g/mol. The maximum Gasteiger partial charge on any atom is 0.191 e. The first-order valence-corrected chi connectivity index (χ1v) is 5.49. The Morgan fingerprint density at radius 1 is 1.29 bits per heavy atom. The Hall–Kier alpha value is -1.22. The molecule has 0 spiro atoms. The smallest absolute Gasteiger partial charge is 0.191 e. The number of hydrogen-bond acceptors (Lipinski definition) is 2. The highest BCUT2D eigenvalue weighted by Crippen LogP contribution is 2.07. The van der Waals surface area contributed by atoms with Gasteiger partial charge in [-0.3, -0.25) is 0 Å². The minimum Gasteiger partial charge on any atom is -0.240 e. The molecule has 0 aliphatic rings. The number of aryl methyl sites for hydroxylation is 2. The molecule has 0 amide bonds. The zero-order valence-electron chi connectivity index (χ0n) is 8.40. The van der Waals surface area contributed by atoms with Crippen LogP contribution in [0, 0.1) is 13.8 Å². The molecule has 0 aromatic carbocycles. The van der Waals surface area contributed by atoms with E-state index in [1.54, 1.807) is 11.3 Å². The van der Waals surface area contributed by atoms with Gasteiger partial charge in [0.05, 0.1) is 5.01 Å². The second kappa shape index (κ2) is 3.88. The topological polar surface area (TPSA) is 16.8 Å². The summed E-state index contributed by atoms with van der Waals surface area (Å²) >= 11 is 1.70. The molecule has 0 aliphatic heterocycles. The molecule has 0 saturated heterocycles. The molecule has 2 aromatic rings. The maximum absolute atomic E-state index is 4.43. The van der Waals surface area contributed by atoms with E-state index >= 15 is 0 Å². The molecule has 2 nitrogen and oxygen atoms in total. The molecule has 2 heterocycles. The Kier molecular flexibility index (Phi) is 2.59. The lowest BCUT2D eigenvalue weighted by Crippen LogP contribution is -2.33. The molecule has 0 radical (unpaired) electrons. The van der Waals surface area contributed by atoms with Crippen molar-refractivity contribution in [2.24, 2.45) is 0 Å². The van der Waals surface area contributed by atoms with Crippen molar-refractivity contribution in [2.45, 2.75) is 20.4 Å². The van der Waals surface area contributed by atoms with E-state index in [4.69, 9.17) is 0 Å².